The number of aromatic amines is 3. The van der Waals surface area contributed by atoms with Crippen LogP contribution < -0.4 is 44.6 Å². The Bertz CT molecular complexity index is 6800. The molecule has 15 atom stereocenters. The molecule has 25 rings (SSSR count). The summed E-state index contributed by atoms with van der Waals surface area (Å²) in [6.07, 6.45) is -8.97. The maximum absolute atomic E-state index is 13.0. The van der Waals surface area contributed by atoms with Gasteiger partial charge in [-0.15, -0.1) is 0 Å². The number of halogens is 13. The maximum atomic E-state index is 13.0. The summed E-state index contributed by atoms with van der Waals surface area (Å²) in [4.78, 5) is 67.9. The van der Waals surface area contributed by atoms with Crippen molar-refractivity contribution in [2.45, 2.75) is 116 Å². The van der Waals surface area contributed by atoms with E-state index in [4.69, 9.17) is 66.1 Å². The first-order valence-electron chi connectivity index (χ1n) is 41.1. The Hall–Kier alpha value is -15.2. The van der Waals surface area contributed by atoms with Crippen molar-refractivity contribution in [2.24, 2.45) is 11.8 Å². The lowest BCUT2D eigenvalue weighted by atomic mass is 10.1. The third kappa shape index (κ3) is 17.7. The molecule has 15 aromatic rings. The summed E-state index contributed by atoms with van der Waals surface area (Å²) in [5.41, 5.74) is 16.4. The number of esters is 1. The second kappa shape index (κ2) is 33.6. The van der Waals surface area contributed by atoms with Gasteiger partial charge in [-0.2, -0.15) is 52.7 Å². The number of anilines is 2. The van der Waals surface area contributed by atoms with Gasteiger partial charge < -0.3 is 79.6 Å². The number of carbonyl (C=O) groups excluding carboxylic acids is 1. The van der Waals surface area contributed by atoms with Crippen LogP contribution in [0, 0.1) is 18.8 Å². The molecular formula is C93H69ClF12N14O13. The largest absolute Gasteiger partial charge is 0.508 e. The minimum Gasteiger partial charge on any atom is -0.508 e. The molecule has 40 heteroatoms. The molecule has 9 aromatic carbocycles. The number of ether oxygens (including phenoxy) is 8. The third-order valence-electron chi connectivity index (χ3n) is 23.8. The molecular weight excluding hydrogens is 1780 g/mol. The number of carboxylic acid groups (broad SMARTS) is 1. The van der Waals surface area contributed by atoms with Crippen LogP contribution in [0.5, 0.6) is 63.5 Å². The molecule has 5 aliphatic heterocycles. The van der Waals surface area contributed by atoms with E-state index < -0.39 is 58.8 Å². The lowest BCUT2D eigenvalue weighted by molar-refractivity contribution is -0.145. The third-order valence-corrected chi connectivity index (χ3v) is 24.0. The Morgan fingerprint density at radius 3 is 1.14 bits per heavy atom. The Morgan fingerprint density at radius 1 is 0.406 bits per heavy atom. The van der Waals surface area contributed by atoms with Gasteiger partial charge in [-0.25, -0.2) is 44.9 Å². The number of rotatable bonds is 10. The average molecular weight is 1850 g/mol. The summed E-state index contributed by atoms with van der Waals surface area (Å²) in [6.45, 7) is 4.32. The molecule has 6 aromatic heterocycles. The fraction of sp³-hybridized carbons (Fsp3) is 0.237. The Labute approximate surface area is 747 Å². The standard InChI is InChI=1S/2C21H13F3N4O2.C17H11F3N2O2.C13H14O3.C10H8O4.C7H7F3N2.C4H3ClN2/c2*22-21(23,24)10-1-3-13-14(7-10)28-20(27-13)18-17-12-8-11(2-4-15(12)30-19(17)18)29-16-5-6-25-9-26-16;18-17(19,20)7-1-3-10-11(5-7)22-16(21-10)14-13-9-6-8(23)2-4-12(9)24-15(13)14;1-3-15-13(14)11-10-8-6-7(2)4-5-9(8)16-12(10)11;11-4-1-2-6-5(3-4)7-8(10(12)13)9(7)14-6;8-7(9,10)4-1-2-5(11)6(12)3-4;5-4-1-2-6-3-7-4/h2*1-9,17-19H,(H,27,28);1-6,13-15,23H,(H,21,22);4-6,10-12H,3H2,1-2H3;1-3,7-9,11H,(H,12,13);1-3H,11-12H2;1-3H. The molecule has 5 aliphatic carbocycles. The van der Waals surface area contributed by atoms with E-state index in [1.807, 2.05) is 43.3 Å². The van der Waals surface area contributed by atoms with Crippen LogP contribution in [0.4, 0.5) is 64.1 Å². The number of fused-ring (bicyclic) bond motifs is 18. The predicted molar refractivity (Wildman–Crippen MR) is 450 cm³/mol. The maximum Gasteiger partial charge on any atom is 0.416 e. The number of carbonyl (C=O) groups is 2. The van der Waals surface area contributed by atoms with Crippen LogP contribution in [-0.4, -0.2) is 124 Å². The highest BCUT2D eigenvalue weighted by molar-refractivity contribution is 6.29. The molecule has 15 unspecified atom stereocenters. The minimum absolute atomic E-state index is 0.0239. The summed E-state index contributed by atoms with van der Waals surface area (Å²) in [5, 5.41) is 28.2. The number of nitrogens with zero attached hydrogens (tertiary/aromatic N) is 9. The fourth-order valence-corrected chi connectivity index (χ4v) is 17.4. The summed E-state index contributed by atoms with van der Waals surface area (Å²) in [6, 6.07) is 45.3. The molecule has 5 fully saturated rings. The number of aliphatic carboxylic acids is 1. The number of nitrogens with two attached hydrogens (primary N) is 2. The van der Waals surface area contributed by atoms with Crippen LogP contribution in [0.1, 0.15) is 127 Å². The van der Waals surface area contributed by atoms with E-state index in [1.54, 1.807) is 85.3 Å². The monoisotopic (exact) mass is 1850 g/mol. The summed E-state index contributed by atoms with van der Waals surface area (Å²) < 4.78 is 198. The number of nitrogens with one attached hydrogen (secondary N) is 3. The normalized spacial score (nSPS) is 22.6. The number of alkyl halides is 12. The van der Waals surface area contributed by atoms with E-state index in [0.717, 1.165) is 99.8 Å². The van der Waals surface area contributed by atoms with Crippen molar-refractivity contribution in [3.8, 4) is 63.5 Å². The van der Waals surface area contributed by atoms with Crippen LogP contribution in [0.2, 0.25) is 5.15 Å². The van der Waals surface area contributed by atoms with Crippen LogP contribution in [-0.2, 0) is 39.0 Å². The second-order valence-electron chi connectivity index (χ2n) is 32.4. The molecule has 133 heavy (non-hydrogen) atoms. The number of imidazole rings is 3. The van der Waals surface area contributed by atoms with Crippen molar-refractivity contribution >= 4 is 68.0 Å². The first kappa shape index (κ1) is 87.2. The van der Waals surface area contributed by atoms with Gasteiger partial charge in [0.1, 0.15) is 136 Å². The van der Waals surface area contributed by atoms with Crippen molar-refractivity contribution in [1.82, 2.24) is 59.8 Å². The number of aromatic hydroxyl groups is 2. The van der Waals surface area contributed by atoms with Crippen LogP contribution in [0.25, 0.3) is 33.1 Å². The van der Waals surface area contributed by atoms with E-state index in [2.05, 4.69) is 72.8 Å². The Balaban J connectivity index is 0.000000104. The molecule has 10 N–H and O–H groups in total. The highest BCUT2D eigenvalue weighted by Gasteiger charge is 2.66. The van der Waals surface area contributed by atoms with Crippen molar-refractivity contribution in [1.29, 1.82) is 0 Å². The second-order valence-corrected chi connectivity index (χ2v) is 32.8. The van der Waals surface area contributed by atoms with Crippen LogP contribution in [0.3, 0.4) is 0 Å². The number of benzene rings is 9. The van der Waals surface area contributed by atoms with Crippen molar-refractivity contribution in [3.05, 3.63) is 298 Å². The van der Waals surface area contributed by atoms with E-state index in [1.165, 1.54) is 48.3 Å². The van der Waals surface area contributed by atoms with Crippen LogP contribution >= 0.6 is 11.6 Å². The lowest BCUT2D eigenvalue weighted by Gasteiger charge is -2.09. The summed E-state index contributed by atoms with van der Waals surface area (Å²) in [5.74, 6) is 7.15. The van der Waals surface area contributed by atoms with E-state index in [0.29, 0.717) is 91.3 Å². The SMILES string of the molecule is CCOC(=O)C1C2Oc3ccc(C)cc3C21.Clc1ccncn1.FC(F)(F)c1ccc2nc(C3C4Oc5ccc(Oc6ccncn6)cc5C43)[nH]c2c1.FC(F)(F)c1ccc2nc(C3C4Oc5ccc(Oc6ccncn6)cc5C43)[nH]c2c1.Nc1ccc(C(F)(F)F)cc1N.O=C(O)C1C2Oc3ccc(O)cc3C21.Oc1ccc2c(c1)C1C(O2)C1c1nc2ccc(C(F)(F)F)cc2[nH]1. The first-order valence-corrected chi connectivity index (χ1v) is 41.4. The minimum atomic E-state index is -4.39. The Kier molecular flexibility index (Phi) is 22.0. The summed E-state index contributed by atoms with van der Waals surface area (Å²) in [7, 11) is 0. The number of carboxylic acids is 1. The first-order chi connectivity index (χ1) is 63.6. The zero-order chi connectivity index (χ0) is 93.2. The molecule has 0 bridgehead atoms. The molecule has 0 amide bonds. The molecule has 0 spiro atoms. The fourth-order valence-electron chi connectivity index (χ4n) is 17.3. The number of nitrogen functional groups attached to an aromatic ring is 2. The quantitative estimate of drug-likeness (QED) is 0.0273. The predicted octanol–water partition coefficient (Wildman–Crippen LogP) is 19.5. The number of H-pyrrole nitrogens is 3. The number of aryl methyl sites for hydroxylation is 1. The number of aromatic nitrogens is 12. The van der Waals surface area contributed by atoms with E-state index in [-0.39, 0.29) is 113 Å². The smallest absolute Gasteiger partial charge is 0.416 e. The number of phenolic OH excluding ortho intramolecular Hbond substituents is 2. The highest BCUT2D eigenvalue weighted by Crippen LogP contribution is 2.67. The number of phenols is 2. The van der Waals surface area contributed by atoms with Gasteiger partial charge in [-0.05, 0) is 172 Å². The highest BCUT2D eigenvalue weighted by atomic mass is 35.5. The Morgan fingerprint density at radius 2 is 0.767 bits per heavy atom. The van der Waals surface area contributed by atoms with Crippen molar-refractivity contribution in [3.63, 3.8) is 0 Å². The van der Waals surface area contributed by atoms with Crippen molar-refractivity contribution < 1.29 is 115 Å². The van der Waals surface area contributed by atoms with Gasteiger partial charge in [0.05, 0.1) is 91.1 Å². The van der Waals surface area contributed by atoms with E-state index >= 15 is 0 Å². The topological polar surface area (TPSA) is 384 Å². The average Bonchev–Trinajstić information content (AvgIpc) is 1.55. The van der Waals surface area contributed by atoms with Gasteiger partial charge in [0.25, 0.3) is 0 Å². The zero-order valence-electron chi connectivity index (χ0n) is 68.7. The van der Waals surface area contributed by atoms with Gasteiger partial charge in [0.15, 0.2) is 0 Å². The van der Waals surface area contributed by atoms with Gasteiger partial charge in [-0.3, -0.25) is 9.59 Å². The lowest BCUT2D eigenvalue weighted by Crippen LogP contribution is -2.13. The van der Waals surface area contributed by atoms with Gasteiger partial charge in [0.2, 0.25) is 11.8 Å². The molecule has 11 heterocycles. The van der Waals surface area contributed by atoms with Gasteiger partial charge >= 0.3 is 36.6 Å². The number of hydrogen-bond donors (Lipinski definition) is 8. The van der Waals surface area contributed by atoms with Gasteiger partial charge in [-0.1, -0.05) is 29.3 Å². The molecule has 0 radical (unpaired) electrons. The zero-order valence-corrected chi connectivity index (χ0v) is 69.4. The van der Waals surface area contributed by atoms with Gasteiger partial charge in [0, 0.05) is 88.1 Å². The van der Waals surface area contributed by atoms with E-state index in [9.17, 15) is 72.5 Å². The molecule has 0 saturated heterocycles. The van der Waals surface area contributed by atoms with Crippen molar-refractivity contribution in [2.75, 3.05) is 18.1 Å². The summed E-state index contributed by atoms with van der Waals surface area (Å²) >= 11 is 5.39. The molecule has 680 valence electrons. The number of hydrogen-bond acceptors (Lipinski definition) is 23. The molecule has 10 aliphatic rings. The molecule has 27 nitrogen and oxygen atoms in total. The molecule has 5 saturated carbocycles. The van der Waals surface area contributed by atoms with Crippen LogP contribution in [0.15, 0.2) is 220 Å².